The van der Waals surface area contributed by atoms with Gasteiger partial charge in [-0.25, -0.2) is 0 Å². The van der Waals surface area contributed by atoms with E-state index in [9.17, 15) is 9.59 Å². The SMILES string of the molecule is CCC1OCCC1C(=O)N1CCNC(=O)C1C. The van der Waals surface area contributed by atoms with Gasteiger partial charge in [0.25, 0.3) is 0 Å². The molecule has 0 aromatic carbocycles. The Morgan fingerprint density at radius 2 is 2.35 bits per heavy atom. The second kappa shape index (κ2) is 5.04. The van der Waals surface area contributed by atoms with Crippen molar-refractivity contribution in [3.05, 3.63) is 0 Å². The van der Waals surface area contributed by atoms with Gasteiger partial charge < -0.3 is 15.0 Å². The lowest BCUT2D eigenvalue weighted by atomic mass is 9.96. The quantitative estimate of drug-likeness (QED) is 0.747. The van der Waals surface area contributed by atoms with Crippen molar-refractivity contribution in [3.8, 4) is 0 Å². The molecule has 0 bridgehead atoms. The number of nitrogens with zero attached hydrogens (tertiary/aromatic N) is 1. The molecule has 2 heterocycles. The Morgan fingerprint density at radius 1 is 1.59 bits per heavy atom. The number of carbonyl (C=O) groups excluding carboxylic acids is 2. The van der Waals surface area contributed by atoms with E-state index in [0.29, 0.717) is 19.7 Å². The summed E-state index contributed by atoms with van der Waals surface area (Å²) >= 11 is 0. The Hall–Kier alpha value is -1.10. The molecule has 1 N–H and O–H groups in total. The molecular weight excluding hydrogens is 220 g/mol. The zero-order valence-corrected chi connectivity index (χ0v) is 10.4. The van der Waals surface area contributed by atoms with Gasteiger partial charge in [0.15, 0.2) is 0 Å². The summed E-state index contributed by atoms with van der Waals surface area (Å²) in [5, 5.41) is 2.77. The average Bonchev–Trinajstić information content (AvgIpc) is 2.80. The summed E-state index contributed by atoms with van der Waals surface area (Å²) in [7, 11) is 0. The summed E-state index contributed by atoms with van der Waals surface area (Å²) in [6, 6.07) is -0.352. The second-order valence-corrected chi connectivity index (χ2v) is 4.71. The largest absolute Gasteiger partial charge is 0.377 e. The van der Waals surface area contributed by atoms with Crippen LogP contribution in [0.25, 0.3) is 0 Å². The van der Waals surface area contributed by atoms with Crippen LogP contribution >= 0.6 is 0 Å². The van der Waals surface area contributed by atoms with Crippen LogP contribution in [-0.2, 0) is 14.3 Å². The molecule has 3 atom stereocenters. The summed E-state index contributed by atoms with van der Waals surface area (Å²) in [5.41, 5.74) is 0. The van der Waals surface area contributed by atoms with Crippen LogP contribution in [0.3, 0.4) is 0 Å². The first-order valence-electron chi connectivity index (χ1n) is 6.35. The monoisotopic (exact) mass is 240 g/mol. The zero-order valence-electron chi connectivity index (χ0n) is 10.4. The maximum absolute atomic E-state index is 12.4. The van der Waals surface area contributed by atoms with Gasteiger partial charge in [0, 0.05) is 19.7 Å². The van der Waals surface area contributed by atoms with Crippen LogP contribution in [0, 0.1) is 5.92 Å². The number of amides is 2. The summed E-state index contributed by atoms with van der Waals surface area (Å²) in [6.45, 7) is 5.63. The number of rotatable bonds is 2. The summed E-state index contributed by atoms with van der Waals surface area (Å²) < 4.78 is 5.54. The van der Waals surface area contributed by atoms with E-state index in [1.54, 1.807) is 11.8 Å². The number of hydrogen-bond donors (Lipinski definition) is 1. The molecule has 0 aliphatic carbocycles. The molecule has 2 fully saturated rings. The van der Waals surface area contributed by atoms with Gasteiger partial charge in [0.1, 0.15) is 6.04 Å². The molecule has 17 heavy (non-hydrogen) atoms. The fourth-order valence-electron chi connectivity index (χ4n) is 2.63. The van der Waals surface area contributed by atoms with Crippen molar-refractivity contribution in [2.45, 2.75) is 38.8 Å². The van der Waals surface area contributed by atoms with Crippen molar-refractivity contribution >= 4 is 11.8 Å². The van der Waals surface area contributed by atoms with Crippen molar-refractivity contribution in [1.29, 1.82) is 0 Å². The number of piperazine rings is 1. The molecule has 0 aromatic heterocycles. The molecule has 0 spiro atoms. The topological polar surface area (TPSA) is 58.6 Å². The number of hydrogen-bond acceptors (Lipinski definition) is 3. The predicted molar refractivity (Wildman–Crippen MR) is 62.3 cm³/mol. The molecule has 2 aliphatic rings. The third kappa shape index (κ3) is 2.29. The minimum absolute atomic E-state index is 0.0275. The fourth-order valence-corrected chi connectivity index (χ4v) is 2.63. The van der Waals surface area contributed by atoms with Crippen LogP contribution < -0.4 is 5.32 Å². The predicted octanol–water partition coefficient (Wildman–Crippen LogP) is 0.148. The van der Waals surface area contributed by atoms with Crippen molar-refractivity contribution in [1.82, 2.24) is 10.2 Å². The van der Waals surface area contributed by atoms with Crippen LogP contribution in [0.5, 0.6) is 0 Å². The number of ether oxygens (including phenoxy) is 1. The van der Waals surface area contributed by atoms with Crippen molar-refractivity contribution in [3.63, 3.8) is 0 Å². The van der Waals surface area contributed by atoms with Crippen LogP contribution in [0.2, 0.25) is 0 Å². The highest BCUT2D eigenvalue weighted by atomic mass is 16.5. The number of carbonyl (C=O) groups is 2. The maximum atomic E-state index is 12.4. The third-order valence-corrected chi connectivity index (χ3v) is 3.71. The Bertz CT molecular complexity index is 319. The van der Waals surface area contributed by atoms with Gasteiger partial charge >= 0.3 is 0 Å². The van der Waals surface area contributed by atoms with Gasteiger partial charge in [0.2, 0.25) is 11.8 Å². The third-order valence-electron chi connectivity index (χ3n) is 3.71. The molecule has 0 radical (unpaired) electrons. The molecule has 2 aliphatic heterocycles. The number of nitrogens with one attached hydrogen (secondary N) is 1. The zero-order chi connectivity index (χ0) is 12.4. The lowest BCUT2D eigenvalue weighted by molar-refractivity contribution is -0.146. The van der Waals surface area contributed by atoms with E-state index in [0.717, 1.165) is 12.8 Å². The second-order valence-electron chi connectivity index (χ2n) is 4.71. The molecular formula is C12H20N2O3. The molecule has 0 aromatic rings. The van der Waals surface area contributed by atoms with Crippen LogP contribution in [0.4, 0.5) is 0 Å². The molecule has 2 rings (SSSR count). The molecule has 0 saturated carbocycles. The van der Waals surface area contributed by atoms with Gasteiger partial charge in [-0.05, 0) is 19.8 Å². The first-order valence-corrected chi connectivity index (χ1v) is 6.35. The summed E-state index contributed by atoms with van der Waals surface area (Å²) in [4.78, 5) is 25.6. The fraction of sp³-hybridized carbons (Fsp3) is 0.833. The van der Waals surface area contributed by atoms with E-state index in [2.05, 4.69) is 5.32 Å². The Morgan fingerprint density at radius 3 is 3.06 bits per heavy atom. The Labute approximate surface area is 101 Å². The summed E-state index contributed by atoms with van der Waals surface area (Å²) in [6.07, 6.45) is 1.66. The van der Waals surface area contributed by atoms with E-state index in [1.807, 2.05) is 6.92 Å². The molecule has 2 saturated heterocycles. The van der Waals surface area contributed by atoms with Crippen molar-refractivity contribution in [2.75, 3.05) is 19.7 Å². The molecule has 5 heteroatoms. The van der Waals surface area contributed by atoms with Crippen LogP contribution in [0.1, 0.15) is 26.7 Å². The molecule has 2 amide bonds. The normalized spacial score (nSPS) is 33.6. The van der Waals surface area contributed by atoms with Crippen LogP contribution in [0.15, 0.2) is 0 Å². The van der Waals surface area contributed by atoms with Gasteiger partial charge in [-0.2, -0.15) is 0 Å². The van der Waals surface area contributed by atoms with E-state index < -0.39 is 0 Å². The van der Waals surface area contributed by atoms with Gasteiger partial charge in [0.05, 0.1) is 12.0 Å². The van der Waals surface area contributed by atoms with Crippen molar-refractivity contribution in [2.24, 2.45) is 5.92 Å². The summed E-state index contributed by atoms with van der Waals surface area (Å²) in [5.74, 6) is -0.0402. The Kier molecular flexibility index (Phi) is 3.66. The highest BCUT2D eigenvalue weighted by Crippen LogP contribution is 2.26. The van der Waals surface area contributed by atoms with Gasteiger partial charge in [-0.15, -0.1) is 0 Å². The molecule has 3 unspecified atom stereocenters. The minimum Gasteiger partial charge on any atom is -0.377 e. The van der Waals surface area contributed by atoms with E-state index >= 15 is 0 Å². The van der Waals surface area contributed by atoms with Crippen molar-refractivity contribution < 1.29 is 14.3 Å². The molecule has 5 nitrogen and oxygen atoms in total. The van der Waals surface area contributed by atoms with E-state index in [1.165, 1.54) is 0 Å². The van der Waals surface area contributed by atoms with Gasteiger partial charge in [-0.1, -0.05) is 6.92 Å². The maximum Gasteiger partial charge on any atom is 0.242 e. The van der Waals surface area contributed by atoms with E-state index in [4.69, 9.17) is 4.74 Å². The van der Waals surface area contributed by atoms with E-state index in [-0.39, 0.29) is 29.9 Å². The lowest BCUT2D eigenvalue weighted by Gasteiger charge is -2.35. The minimum atomic E-state index is -0.352. The first-order chi connectivity index (χ1) is 8.15. The average molecular weight is 240 g/mol. The molecule has 96 valence electrons. The van der Waals surface area contributed by atoms with Gasteiger partial charge in [-0.3, -0.25) is 9.59 Å². The van der Waals surface area contributed by atoms with Crippen LogP contribution in [-0.4, -0.2) is 48.6 Å². The first kappa shape index (κ1) is 12.4. The lowest BCUT2D eigenvalue weighted by Crippen LogP contribution is -2.57. The standard InChI is InChI=1S/C12H20N2O3/c1-3-10-9(4-7-17-10)12(16)14-6-5-13-11(15)8(14)2/h8-10H,3-7H2,1-2H3,(H,13,15). The highest BCUT2D eigenvalue weighted by Gasteiger charge is 2.39. The smallest absolute Gasteiger partial charge is 0.242 e. The highest BCUT2D eigenvalue weighted by molar-refractivity contribution is 5.89. The Balaban J connectivity index is 2.06.